The summed E-state index contributed by atoms with van der Waals surface area (Å²) in [5.74, 6) is 0.684. The molecule has 5 rings (SSSR count). The zero-order chi connectivity index (χ0) is 26.7. The first kappa shape index (κ1) is 26.9. The average Bonchev–Trinajstić information content (AvgIpc) is 3.60. The fraction of sp³-hybridized carbons (Fsp3) is 0.538. The van der Waals surface area contributed by atoms with Crippen LogP contribution in [0.1, 0.15) is 56.3 Å². The molecule has 0 atom stereocenters. The van der Waals surface area contributed by atoms with Gasteiger partial charge in [0.2, 0.25) is 10.0 Å². The Balaban J connectivity index is 1.27. The number of piperidine rings is 1. The molecule has 1 amide bonds. The van der Waals surface area contributed by atoms with E-state index in [9.17, 15) is 13.2 Å². The highest BCUT2D eigenvalue weighted by Gasteiger charge is 2.27. The third-order valence-electron chi connectivity index (χ3n) is 6.88. The Morgan fingerprint density at radius 2 is 1.68 bits per heavy atom. The highest BCUT2D eigenvalue weighted by molar-refractivity contribution is 7.99. The van der Waals surface area contributed by atoms with Crippen LogP contribution in [0.3, 0.4) is 0 Å². The minimum atomic E-state index is -3.50. The van der Waals surface area contributed by atoms with E-state index in [0.717, 1.165) is 60.8 Å². The highest BCUT2D eigenvalue weighted by Crippen LogP contribution is 2.30. The van der Waals surface area contributed by atoms with Gasteiger partial charge >= 0.3 is 0 Å². The van der Waals surface area contributed by atoms with Gasteiger partial charge in [0, 0.05) is 43.5 Å². The molecule has 3 aromatic rings. The second kappa shape index (κ2) is 11.6. The van der Waals surface area contributed by atoms with Gasteiger partial charge in [0.25, 0.3) is 5.91 Å². The topological polar surface area (TPSA) is 113 Å². The Morgan fingerprint density at radius 1 is 1.00 bits per heavy atom. The SMILES string of the molecule is CC(C)Sc1nc(N2CCCCC2)c2cnn(CCNC(=O)c3ccc(S(=O)(=O)N4CCCC4)cc3)c2n1. The van der Waals surface area contributed by atoms with Crippen molar-refractivity contribution in [1.29, 1.82) is 0 Å². The van der Waals surface area contributed by atoms with Gasteiger partial charge in [0.05, 0.1) is 23.0 Å². The number of nitrogens with zero attached hydrogens (tertiary/aromatic N) is 6. The van der Waals surface area contributed by atoms with Gasteiger partial charge in [-0.05, 0) is 56.4 Å². The molecule has 1 aromatic carbocycles. The van der Waals surface area contributed by atoms with Gasteiger partial charge in [0.15, 0.2) is 10.8 Å². The number of hydrogen-bond acceptors (Lipinski definition) is 8. The molecule has 2 saturated heterocycles. The Morgan fingerprint density at radius 3 is 2.37 bits per heavy atom. The van der Waals surface area contributed by atoms with E-state index in [2.05, 4.69) is 29.2 Å². The lowest BCUT2D eigenvalue weighted by atomic mass is 10.1. The second-order valence-electron chi connectivity index (χ2n) is 10.0. The van der Waals surface area contributed by atoms with Crippen molar-refractivity contribution in [3.63, 3.8) is 0 Å². The maximum Gasteiger partial charge on any atom is 0.251 e. The predicted octanol–water partition coefficient (Wildman–Crippen LogP) is 3.53. The van der Waals surface area contributed by atoms with Gasteiger partial charge in [0.1, 0.15) is 5.82 Å². The predicted molar refractivity (Wildman–Crippen MR) is 149 cm³/mol. The van der Waals surface area contributed by atoms with Crippen molar-refractivity contribution in [3.05, 3.63) is 36.0 Å². The number of carbonyl (C=O) groups excluding carboxylic acids is 1. The molecule has 2 aromatic heterocycles. The summed E-state index contributed by atoms with van der Waals surface area (Å²) in [6.45, 7) is 8.14. The smallest absolute Gasteiger partial charge is 0.251 e. The maximum atomic E-state index is 12.8. The first-order valence-electron chi connectivity index (χ1n) is 13.4. The molecule has 204 valence electrons. The summed E-state index contributed by atoms with van der Waals surface area (Å²) in [6, 6.07) is 6.15. The van der Waals surface area contributed by atoms with E-state index in [-0.39, 0.29) is 10.8 Å². The van der Waals surface area contributed by atoms with Crippen molar-refractivity contribution in [2.75, 3.05) is 37.6 Å². The first-order chi connectivity index (χ1) is 18.3. The lowest BCUT2D eigenvalue weighted by Crippen LogP contribution is -2.30. The largest absolute Gasteiger partial charge is 0.356 e. The number of aromatic nitrogens is 4. The van der Waals surface area contributed by atoms with Gasteiger partial charge in [-0.15, -0.1) is 0 Å². The summed E-state index contributed by atoms with van der Waals surface area (Å²) < 4.78 is 28.8. The first-order valence-corrected chi connectivity index (χ1v) is 15.7. The van der Waals surface area contributed by atoms with Crippen molar-refractivity contribution in [2.24, 2.45) is 0 Å². The highest BCUT2D eigenvalue weighted by atomic mass is 32.2. The lowest BCUT2D eigenvalue weighted by Gasteiger charge is -2.28. The Hall–Kier alpha value is -2.70. The van der Waals surface area contributed by atoms with E-state index in [1.165, 1.54) is 22.9 Å². The van der Waals surface area contributed by atoms with Gasteiger partial charge in [-0.25, -0.2) is 23.1 Å². The van der Waals surface area contributed by atoms with E-state index in [1.54, 1.807) is 23.9 Å². The van der Waals surface area contributed by atoms with Crippen molar-refractivity contribution < 1.29 is 13.2 Å². The summed E-state index contributed by atoms with van der Waals surface area (Å²) >= 11 is 1.63. The third-order valence-corrected chi connectivity index (χ3v) is 9.66. The molecule has 2 aliphatic rings. The zero-order valence-electron chi connectivity index (χ0n) is 22.0. The monoisotopic (exact) mass is 557 g/mol. The maximum absolute atomic E-state index is 12.8. The summed E-state index contributed by atoms with van der Waals surface area (Å²) in [4.78, 5) is 25.0. The van der Waals surface area contributed by atoms with Gasteiger partial charge in [-0.1, -0.05) is 25.6 Å². The summed E-state index contributed by atoms with van der Waals surface area (Å²) in [5, 5.41) is 9.52. The van der Waals surface area contributed by atoms with Crippen molar-refractivity contribution in [2.45, 2.75) is 67.8 Å². The average molecular weight is 558 g/mol. The molecule has 10 nitrogen and oxygen atoms in total. The molecular formula is C26H35N7O3S2. The summed E-state index contributed by atoms with van der Waals surface area (Å²) in [6.07, 6.45) is 7.15. The Labute approximate surface area is 228 Å². The van der Waals surface area contributed by atoms with Crippen LogP contribution in [-0.4, -0.2) is 76.4 Å². The Bertz CT molecular complexity index is 1380. The third kappa shape index (κ3) is 5.81. The fourth-order valence-corrected chi connectivity index (χ4v) is 7.15. The molecule has 4 heterocycles. The number of anilines is 1. The molecular weight excluding hydrogens is 522 g/mol. The number of rotatable bonds is 9. The van der Waals surface area contributed by atoms with Gasteiger partial charge in [-0.3, -0.25) is 4.79 Å². The number of benzene rings is 1. The second-order valence-corrected chi connectivity index (χ2v) is 13.5. The molecule has 1 N–H and O–H groups in total. The molecule has 0 radical (unpaired) electrons. The Kier molecular flexibility index (Phi) is 8.20. The number of sulfonamides is 1. The van der Waals surface area contributed by atoms with E-state index >= 15 is 0 Å². The van der Waals surface area contributed by atoms with Gasteiger partial charge in [-0.2, -0.15) is 9.40 Å². The zero-order valence-corrected chi connectivity index (χ0v) is 23.6. The number of carbonyl (C=O) groups is 1. The van der Waals surface area contributed by atoms with Crippen LogP contribution in [0.25, 0.3) is 11.0 Å². The molecule has 12 heteroatoms. The summed E-state index contributed by atoms with van der Waals surface area (Å²) in [7, 11) is -3.50. The van der Waals surface area contributed by atoms with Crippen LogP contribution in [0.5, 0.6) is 0 Å². The van der Waals surface area contributed by atoms with Crippen LogP contribution in [0, 0.1) is 0 Å². The van der Waals surface area contributed by atoms with Crippen LogP contribution in [0.15, 0.2) is 40.5 Å². The molecule has 0 saturated carbocycles. The van der Waals surface area contributed by atoms with E-state index in [0.29, 0.717) is 37.0 Å². The van der Waals surface area contributed by atoms with Crippen LogP contribution < -0.4 is 10.2 Å². The van der Waals surface area contributed by atoms with E-state index in [1.807, 2.05) is 10.9 Å². The van der Waals surface area contributed by atoms with E-state index < -0.39 is 10.0 Å². The van der Waals surface area contributed by atoms with Gasteiger partial charge < -0.3 is 10.2 Å². The van der Waals surface area contributed by atoms with Crippen LogP contribution in [-0.2, 0) is 16.6 Å². The summed E-state index contributed by atoms with van der Waals surface area (Å²) in [5.41, 5.74) is 1.19. The minimum Gasteiger partial charge on any atom is -0.356 e. The molecule has 2 aliphatic heterocycles. The van der Waals surface area contributed by atoms with Crippen molar-refractivity contribution in [1.82, 2.24) is 29.4 Å². The molecule has 38 heavy (non-hydrogen) atoms. The van der Waals surface area contributed by atoms with Crippen LogP contribution in [0.4, 0.5) is 5.82 Å². The molecule has 0 spiro atoms. The molecule has 0 bridgehead atoms. The standard InChI is InChI=1S/C26H35N7O3S2/c1-19(2)37-26-29-23(31-13-4-3-5-14-31)22-18-28-33(24(22)30-26)17-12-27-25(34)20-8-10-21(11-9-20)38(35,36)32-15-6-7-16-32/h8-11,18-19H,3-7,12-17H2,1-2H3,(H,27,34). The van der Waals surface area contributed by atoms with Crippen LogP contribution >= 0.6 is 11.8 Å². The number of nitrogens with one attached hydrogen (secondary N) is 1. The van der Waals surface area contributed by atoms with E-state index in [4.69, 9.17) is 9.97 Å². The number of fused-ring (bicyclic) bond motifs is 1. The quantitative estimate of drug-likeness (QED) is 0.314. The molecule has 0 aliphatic carbocycles. The van der Waals surface area contributed by atoms with Crippen molar-refractivity contribution >= 4 is 44.5 Å². The number of thioether (sulfide) groups is 1. The minimum absolute atomic E-state index is 0.221. The van der Waals surface area contributed by atoms with Crippen molar-refractivity contribution in [3.8, 4) is 0 Å². The normalized spacial score (nSPS) is 17.0. The van der Waals surface area contributed by atoms with Crippen LogP contribution in [0.2, 0.25) is 0 Å². The number of hydrogen-bond donors (Lipinski definition) is 1. The lowest BCUT2D eigenvalue weighted by molar-refractivity contribution is 0.0952. The fourth-order valence-electron chi connectivity index (χ4n) is 4.93. The molecule has 0 unspecified atom stereocenters. The number of amides is 1. The molecule has 2 fully saturated rings.